The van der Waals surface area contributed by atoms with Gasteiger partial charge in [-0.05, 0) is 31.9 Å². The van der Waals surface area contributed by atoms with E-state index in [0.717, 1.165) is 24.1 Å². The van der Waals surface area contributed by atoms with Crippen LogP contribution >= 0.6 is 0 Å². The molecule has 3 rings (SSSR count). The average Bonchev–Trinajstić information content (AvgIpc) is 2.96. The fraction of sp³-hybridized carbons (Fsp3) is 0.368. The Morgan fingerprint density at radius 3 is 2.65 bits per heavy atom. The van der Waals surface area contributed by atoms with E-state index in [2.05, 4.69) is 15.4 Å². The molecule has 0 saturated heterocycles. The summed E-state index contributed by atoms with van der Waals surface area (Å²) in [5, 5.41) is 7.89. The molecule has 0 aliphatic heterocycles. The van der Waals surface area contributed by atoms with Crippen LogP contribution < -0.4 is 10.9 Å². The molecule has 7 heteroatoms. The summed E-state index contributed by atoms with van der Waals surface area (Å²) in [6, 6.07) is 6.42. The highest BCUT2D eigenvalue weighted by Gasteiger charge is 2.21. The largest absolute Gasteiger partial charge is 0.309 e. The number of hydrogen-bond acceptors (Lipinski definition) is 4. The lowest BCUT2D eigenvalue weighted by Crippen LogP contribution is -2.32. The second kappa shape index (κ2) is 7.11. The van der Waals surface area contributed by atoms with Crippen molar-refractivity contribution in [2.45, 2.75) is 39.7 Å². The Labute approximate surface area is 151 Å². The molecule has 3 aromatic rings. The van der Waals surface area contributed by atoms with Gasteiger partial charge in [-0.15, -0.1) is 0 Å². The monoisotopic (exact) mass is 353 g/mol. The van der Waals surface area contributed by atoms with Gasteiger partial charge in [0.25, 0.3) is 5.56 Å². The van der Waals surface area contributed by atoms with Crippen LogP contribution in [0.5, 0.6) is 0 Å². The van der Waals surface area contributed by atoms with Crippen LogP contribution in [0.4, 0.5) is 5.82 Å². The third-order valence-electron chi connectivity index (χ3n) is 4.65. The summed E-state index contributed by atoms with van der Waals surface area (Å²) >= 11 is 0. The standard InChI is InChI=1S/C19H23N5O2/c1-5-13-15(6-2)22-23(4)17(13)21-18(25)12(3)24-11-20-16-10-8-7-9-14(16)19(24)26/h7-12H,5-6H2,1-4H3,(H,21,25). The zero-order valence-corrected chi connectivity index (χ0v) is 15.5. The lowest BCUT2D eigenvalue weighted by Gasteiger charge is -2.16. The number of benzene rings is 1. The van der Waals surface area contributed by atoms with E-state index >= 15 is 0 Å². The minimum Gasteiger partial charge on any atom is -0.309 e. The number of nitrogens with zero attached hydrogens (tertiary/aromatic N) is 4. The lowest BCUT2D eigenvalue weighted by atomic mass is 10.1. The minimum absolute atomic E-state index is 0.229. The summed E-state index contributed by atoms with van der Waals surface area (Å²) in [4.78, 5) is 29.8. The van der Waals surface area contributed by atoms with Crippen molar-refractivity contribution in [3.8, 4) is 0 Å². The molecule has 1 unspecified atom stereocenters. The molecular formula is C19H23N5O2. The molecule has 1 atom stereocenters. The van der Waals surface area contributed by atoms with E-state index in [-0.39, 0.29) is 11.5 Å². The van der Waals surface area contributed by atoms with Gasteiger partial charge in [0.1, 0.15) is 11.9 Å². The van der Waals surface area contributed by atoms with Crippen molar-refractivity contribution in [1.82, 2.24) is 19.3 Å². The van der Waals surface area contributed by atoms with Crippen LogP contribution in [0.25, 0.3) is 10.9 Å². The maximum absolute atomic E-state index is 12.8. The molecule has 2 aromatic heterocycles. The maximum atomic E-state index is 12.8. The first-order valence-corrected chi connectivity index (χ1v) is 8.79. The molecule has 26 heavy (non-hydrogen) atoms. The molecule has 1 amide bonds. The molecule has 0 radical (unpaired) electrons. The maximum Gasteiger partial charge on any atom is 0.261 e. The molecule has 0 spiro atoms. The average molecular weight is 353 g/mol. The summed E-state index contributed by atoms with van der Waals surface area (Å²) in [5.74, 6) is 0.410. The van der Waals surface area contributed by atoms with Gasteiger partial charge in [-0.25, -0.2) is 4.98 Å². The van der Waals surface area contributed by atoms with Crippen LogP contribution in [0.3, 0.4) is 0 Å². The van der Waals surface area contributed by atoms with Crippen LogP contribution in [0.2, 0.25) is 0 Å². The number of nitrogens with one attached hydrogen (secondary N) is 1. The second-order valence-electron chi connectivity index (χ2n) is 6.24. The number of anilines is 1. The van der Waals surface area contributed by atoms with Gasteiger partial charge in [-0.3, -0.25) is 18.8 Å². The van der Waals surface area contributed by atoms with E-state index in [0.29, 0.717) is 16.7 Å². The van der Waals surface area contributed by atoms with Gasteiger partial charge >= 0.3 is 0 Å². The first kappa shape index (κ1) is 17.8. The number of aryl methyl sites for hydroxylation is 2. The van der Waals surface area contributed by atoms with E-state index in [1.807, 2.05) is 27.0 Å². The molecule has 0 saturated carbocycles. The van der Waals surface area contributed by atoms with Gasteiger partial charge in [0.05, 0.1) is 22.9 Å². The van der Waals surface area contributed by atoms with Crippen molar-refractivity contribution < 1.29 is 4.79 Å². The van der Waals surface area contributed by atoms with E-state index in [1.165, 1.54) is 10.9 Å². The predicted molar refractivity (Wildman–Crippen MR) is 101 cm³/mol. The Bertz CT molecular complexity index is 1020. The second-order valence-corrected chi connectivity index (χ2v) is 6.24. The fourth-order valence-electron chi connectivity index (χ4n) is 3.14. The number of amides is 1. The molecular weight excluding hydrogens is 330 g/mol. The van der Waals surface area contributed by atoms with Gasteiger partial charge in [0.15, 0.2) is 0 Å². The van der Waals surface area contributed by atoms with E-state index < -0.39 is 6.04 Å². The number of para-hydroxylation sites is 1. The molecule has 2 heterocycles. The Morgan fingerprint density at radius 2 is 1.96 bits per heavy atom. The van der Waals surface area contributed by atoms with Crippen molar-refractivity contribution in [2.24, 2.45) is 7.05 Å². The number of hydrogen-bond donors (Lipinski definition) is 1. The highest BCUT2D eigenvalue weighted by molar-refractivity contribution is 5.93. The molecule has 1 aromatic carbocycles. The highest BCUT2D eigenvalue weighted by atomic mass is 16.2. The van der Waals surface area contributed by atoms with Gasteiger partial charge in [-0.2, -0.15) is 5.10 Å². The molecule has 136 valence electrons. The van der Waals surface area contributed by atoms with Crippen molar-refractivity contribution in [3.63, 3.8) is 0 Å². The van der Waals surface area contributed by atoms with Crippen molar-refractivity contribution in [1.29, 1.82) is 0 Å². The molecule has 1 N–H and O–H groups in total. The number of carbonyl (C=O) groups excluding carboxylic acids is 1. The highest BCUT2D eigenvalue weighted by Crippen LogP contribution is 2.21. The van der Waals surface area contributed by atoms with Crippen LogP contribution in [0.1, 0.15) is 38.1 Å². The molecule has 0 fully saturated rings. The zero-order valence-electron chi connectivity index (χ0n) is 15.5. The third-order valence-corrected chi connectivity index (χ3v) is 4.65. The molecule has 0 aliphatic carbocycles. The summed E-state index contributed by atoms with van der Waals surface area (Å²) in [6.45, 7) is 5.76. The minimum atomic E-state index is -0.690. The Balaban J connectivity index is 1.93. The molecule has 0 bridgehead atoms. The van der Waals surface area contributed by atoms with Crippen LogP contribution in [-0.2, 0) is 24.7 Å². The summed E-state index contributed by atoms with van der Waals surface area (Å²) in [5.41, 5.74) is 2.39. The van der Waals surface area contributed by atoms with Crippen molar-refractivity contribution in [3.05, 3.63) is 52.2 Å². The number of aromatic nitrogens is 4. The normalized spacial score (nSPS) is 12.3. The van der Waals surface area contributed by atoms with Crippen LogP contribution in [0, 0.1) is 0 Å². The Hall–Kier alpha value is -2.96. The summed E-state index contributed by atoms with van der Waals surface area (Å²) < 4.78 is 3.05. The van der Waals surface area contributed by atoms with Gasteiger partial charge in [-0.1, -0.05) is 26.0 Å². The predicted octanol–water partition coefficient (Wildman–Crippen LogP) is 2.45. The summed E-state index contributed by atoms with van der Waals surface area (Å²) in [6.07, 6.45) is 3.01. The van der Waals surface area contributed by atoms with Crippen LogP contribution in [0.15, 0.2) is 35.4 Å². The summed E-state index contributed by atoms with van der Waals surface area (Å²) in [7, 11) is 1.81. The van der Waals surface area contributed by atoms with Gasteiger partial charge < -0.3 is 5.32 Å². The number of carbonyl (C=O) groups is 1. The van der Waals surface area contributed by atoms with E-state index in [9.17, 15) is 9.59 Å². The third kappa shape index (κ3) is 3.00. The Kier molecular flexibility index (Phi) is 4.88. The van der Waals surface area contributed by atoms with E-state index in [1.54, 1.807) is 29.8 Å². The fourth-order valence-corrected chi connectivity index (χ4v) is 3.14. The molecule has 7 nitrogen and oxygen atoms in total. The van der Waals surface area contributed by atoms with Crippen molar-refractivity contribution >= 4 is 22.6 Å². The van der Waals surface area contributed by atoms with Gasteiger partial charge in [0, 0.05) is 12.6 Å². The van der Waals surface area contributed by atoms with Gasteiger partial charge in [0.2, 0.25) is 5.91 Å². The first-order valence-electron chi connectivity index (χ1n) is 8.79. The Morgan fingerprint density at radius 1 is 1.23 bits per heavy atom. The lowest BCUT2D eigenvalue weighted by molar-refractivity contribution is -0.118. The topological polar surface area (TPSA) is 81.8 Å². The number of fused-ring (bicyclic) bond motifs is 1. The zero-order chi connectivity index (χ0) is 18.8. The quantitative estimate of drug-likeness (QED) is 0.764. The number of rotatable bonds is 5. The van der Waals surface area contributed by atoms with Crippen LogP contribution in [-0.4, -0.2) is 25.2 Å². The SMILES string of the molecule is CCc1nn(C)c(NC(=O)C(C)n2cnc3ccccc3c2=O)c1CC. The molecule has 0 aliphatic rings. The van der Waals surface area contributed by atoms with E-state index in [4.69, 9.17) is 0 Å². The van der Waals surface area contributed by atoms with Crippen molar-refractivity contribution in [2.75, 3.05) is 5.32 Å². The smallest absolute Gasteiger partial charge is 0.261 e. The first-order chi connectivity index (χ1) is 12.5.